The molecule has 102 valence electrons. The zero-order valence-electron chi connectivity index (χ0n) is 10.5. The van der Waals surface area contributed by atoms with Crippen LogP contribution in [0.15, 0.2) is 0 Å². The van der Waals surface area contributed by atoms with Crippen molar-refractivity contribution in [1.29, 1.82) is 0 Å². The van der Waals surface area contributed by atoms with Gasteiger partial charge in [-0.15, -0.1) is 0 Å². The van der Waals surface area contributed by atoms with Crippen LogP contribution in [0, 0.1) is 5.41 Å². The first-order valence-corrected chi connectivity index (χ1v) is 7.98. The first-order chi connectivity index (χ1) is 8.67. The fourth-order valence-electron chi connectivity index (χ4n) is 2.54. The van der Waals surface area contributed by atoms with E-state index >= 15 is 0 Å². The minimum atomic E-state index is -0.650. The van der Waals surface area contributed by atoms with Crippen molar-refractivity contribution in [2.45, 2.75) is 19.3 Å². The quantitative estimate of drug-likeness (QED) is 0.769. The van der Waals surface area contributed by atoms with Gasteiger partial charge in [-0.05, 0) is 25.0 Å². The van der Waals surface area contributed by atoms with Crippen LogP contribution in [0.3, 0.4) is 0 Å². The van der Waals surface area contributed by atoms with Crippen molar-refractivity contribution in [2.24, 2.45) is 11.1 Å². The van der Waals surface area contributed by atoms with Gasteiger partial charge in [-0.3, -0.25) is 4.79 Å². The SMILES string of the molecule is NC(=S)C1(C(=O)N2CCCSCC2)CCOCC1. The number of nitrogens with two attached hydrogens (primary N) is 1. The van der Waals surface area contributed by atoms with E-state index in [1.165, 1.54) is 0 Å². The third kappa shape index (κ3) is 2.81. The summed E-state index contributed by atoms with van der Waals surface area (Å²) in [7, 11) is 0. The molecule has 0 bridgehead atoms. The Bertz CT molecular complexity index is 322. The predicted octanol–water partition coefficient (Wildman–Crippen LogP) is 1.03. The fourth-order valence-corrected chi connectivity index (χ4v) is 3.72. The van der Waals surface area contributed by atoms with Crippen LogP contribution in [0.25, 0.3) is 0 Å². The molecule has 18 heavy (non-hydrogen) atoms. The number of amides is 1. The van der Waals surface area contributed by atoms with Gasteiger partial charge in [0.15, 0.2) is 0 Å². The Labute approximate surface area is 118 Å². The van der Waals surface area contributed by atoms with Crippen LogP contribution in [0.2, 0.25) is 0 Å². The van der Waals surface area contributed by atoms with Gasteiger partial charge >= 0.3 is 0 Å². The van der Waals surface area contributed by atoms with Gasteiger partial charge in [0, 0.05) is 32.1 Å². The molecule has 0 aromatic rings. The minimum absolute atomic E-state index is 0.126. The highest BCUT2D eigenvalue weighted by Gasteiger charge is 2.45. The van der Waals surface area contributed by atoms with Gasteiger partial charge < -0.3 is 15.4 Å². The molecule has 2 rings (SSSR count). The summed E-state index contributed by atoms with van der Waals surface area (Å²) in [6.07, 6.45) is 2.32. The van der Waals surface area contributed by atoms with Crippen LogP contribution in [0.1, 0.15) is 19.3 Å². The lowest BCUT2D eigenvalue weighted by atomic mass is 9.78. The molecule has 2 aliphatic heterocycles. The zero-order chi connectivity index (χ0) is 13.0. The van der Waals surface area contributed by atoms with E-state index < -0.39 is 5.41 Å². The van der Waals surface area contributed by atoms with Gasteiger partial charge in [-0.2, -0.15) is 11.8 Å². The molecule has 1 amide bonds. The normalized spacial score (nSPS) is 24.3. The minimum Gasteiger partial charge on any atom is -0.392 e. The number of ether oxygens (including phenoxy) is 1. The lowest BCUT2D eigenvalue weighted by Crippen LogP contribution is -2.53. The number of carbonyl (C=O) groups is 1. The molecule has 2 saturated heterocycles. The van der Waals surface area contributed by atoms with Gasteiger partial charge in [0.1, 0.15) is 5.41 Å². The molecule has 0 aromatic heterocycles. The van der Waals surface area contributed by atoms with Crippen LogP contribution < -0.4 is 5.73 Å². The van der Waals surface area contributed by atoms with Crippen molar-refractivity contribution in [3.8, 4) is 0 Å². The van der Waals surface area contributed by atoms with Crippen molar-refractivity contribution in [3.63, 3.8) is 0 Å². The second kappa shape index (κ2) is 6.21. The molecule has 2 aliphatic rings. The Hall–Kier alpha value is -0.330. The molecule has 2 heterocycles. The number of hydrogen-bond donors (Lipinski definition) is 1. The van der Waals surface area contributed by atoms with Gasteiger partial charge in [0.25, 0.3) is 0 Å². The highest BCUT2D eigenvalue weighted by atomic mass is 32.2. The second-order valence-corrected chi connectivity index (χ2v) is 6.48. The van der Waals surface area contributed by atoms with Crippen LogP contribution in [-0.4, -0.2) is 53.6 Å². The lowest BCUT2D eigenvalue weighted by Gasteiger charge is -2.38. The van der Waals surface area contributed by atoms with Crippen LogP contribution in [-0.2, 0) is 9.53 Å². The highest BCUT2D eigenvalue weighted by Crippen LogP contribution is 2.33. The third-order valence-corrected chi connectivity index (χ3v) is 5.18. The maximum Gasteiger partial charge on any atom is 0.235 e. The Morgan fingerprint density at radius 1 is 1.28 bits per heavy atom. The van der Waals surface area contributed by atoms with E-state index in [0.717, 1.165) is 31.0 Å². The molecular weight excluding hydrogens is 268 g/mol. The summed E-state index contributed by atoms with van der Waals surface area (Å²) in [4.78, 5) is 15.1. The Kier molecular flexibility index (Phi) is 4.86. The number of thiocarbonyl (C=S) groups is 1. The van der Waals surface area contributed by atoms with Crippen molar-refractivity contribution < 1.29 is 9.53 Å². The number of thioether (sulfide) groups is 1. The summed E-state index contributed by atoms with van der Waals surface area (Å²) >= 11 is 7.08. The number of hydrogen-bond acceptors (Lipinski definition) is 4. The van der Waals surface area contributed by atoms with E-state index in [4.69, 9.17) is 22.7 Å². The van der Waals surface area contributed by atoms with E-state index in [0.29, 0.717) is 31.0 Å². The van der Waals surface area contributed by atoms with Crippen LogP contribution in [0.4, 0.5) is 0 Å². The summed E-state index contributed by atoms with van der Waals surface area (Å²) in [6.45, 7) is 2.79. The Morgan fingerprint density at radius 3 is 2.67 bits per heavy atom. The average molecular weight is 288 g/mol. The molecular formula is C12H20N2O2S2. The van der Waals surface area contributed by atoms with E-state index in [9.17, 15) is 4.79 Å². The van der Waals surface area contributed by atoms with E-state index in [1.807, 2.05) is 16.7 Å². The molecule has 0 saturated carbocycles. The fraction of sp³-hybridized carbons (Fsp3) is 0.833. The maximum absolute atomic E-state index is 12.8. The van der Waals surface area contributed by atoms with Crippen LogP contribution >= 0.6 is 24.0 Å². The number of carbonyl (C=O) groups excluding carboxylic acids is 1. The van der Waals surface area contributed by atoms with E-state index in [-0.39, 0.29) is 5.91 Å². The van der Waals surface area contributed by atoms with Crippen molar-refractivity contribution in [1.82, 2.24) is 4.90 Å². The van der Waals surface area contributed by atoms with Gasteiger partial charge in [-0.25, -0.2) is 0 Å². The first-order valence-electron chi connectivity index (χ1n) is 6.41. The predicted molar refractivity (Wildman–Crippen MR) is 77.8 cm³/mol. The molecule has 4 nitrogen and oxygen atoms in total. The summed E-state index contributed by atoms with van der Waals surface area (Å²) in [6, 6.07) is 0. The maximum atomic E-state index is 12.8. The molecule has 0 aromatic carbocycles. The van der Waals surface area contributed by atoms with Crippen LogP contribution in [0.5, 0.6) is 0 Å². The van der Waals surface area contributed by atoms with E-state index in [2.05, 4.69) is 0 Å². The largest absolute Gasteiger partial charge is 0.392 e. The molecule has 0 radical (unpaired) electrons. The highest BCUT2D eigenvalue weighted by molar-refractivity contribution is 7.99. The third-order valence-electron chi connectivity index (χ3n) is 3.74. The van der Waals surface area contributed by atoms with E-state index in [1.54, 1.807) is 0 Å². The van der Waals surface area contributed by atoms with Gasteiger partial charge in [-0.1, -0.05) is 12.2 Å². The molecule has 0 unspecified atom stereocenters. The molecule has 2 fully saturated rings. The summed E-state index contributed by atoms with van der Waals surface area (Å²) in [5, 5.41) is 0. The summed E-state index contributed by atoms with van der Waals surface area (Å²) < 4.78 is 5.35. The smallest absolute Gasteiger partial charge is 0.235 e. The average Bonchev–Trinajstić information content (AvgIpc) is 2.67. The van der Waals surface area contributed by atoms with Crippen molar-refractivity contribution in [2.75, 3.05) is 37.8 Å². The monoisotopic (exact) mass is 288 g/mol. The summed E-state index contributed by atoms with van der Waals surface area (Å²) in [5.41, 5.74) is 5.22. The lowest BCUT2D eigenvalue weighted by molar-refractivity contribution is -0.142. The summed E-state index contributed by atoms with van der Waals surface area (Å²) in [5.74, 6) is 2.27. The standard InChI is InChI=1S/C12H20N2O2S2/c13-10(17)12(2-6-16-7-3-12)11(15)14-4-1-8-18-9-5-14/h1-9H2,(H2,13,17). The van der Waals surface area contributed by atoms with Crippen molar-refractivity contribution >= 4 is 34.9 Å². The number of nitrogens with zero attached hydrogens (tertiary/aromatic N) is 1. The molecule has 0 atom stereocenters. The van der Waals surface area contributed by atoms with Gasteiger partial charge in [0.2, 0.25) is 5.91 Å². The number of rotatable bonds is 2. The second-order valence-electron chi connectivity index (χ2n) is 4.82. The first kappa shape index (κ1) is 14.1. The molecule has 2 N–H and O–H groups in total. The Balaban J connectivity index is 2.14. The molecule has 6 heteroatoms. The zero-order valence-corrected chi connectivity index (χ0v) is 12.2. The molecule has 0 aliphatic carbocycles. The Morgan fingerprint density at radius 2 is 2.00 bits per heavy atom. The van der Waals surface area contributed by atoms with Crippen molar-refractivity contribution in [3.05, 3.63) is 0 Å². The van der Waals surface area contributed by atoms with Gasteiger partial charge in [0.05, 0.1) is 4.99 Å². The molecule has 0 spiro atoms. The topological polar surface area (TPSA) is 55.6 Å².